The van der Waals surface area contributed by atoms with Gasteiger partial charge in [-0.25, -0.2) is 8.78 Å². The first-order valence-corrected chi connectivity index (χ1v) is 2.95. The van der Waals surface area contributed by atoms with E-state index >= 15 is 0 Å². The van der Waals surface area contributed by atoms with Crippen molar-refractivity contribution in [3.8, 4) is 0 Å². The van der Waals surface area contributed by atoms with E-state index in [2.05, 4.69) is 4.74 Å². The van der Waals surface area contributed by atoms with Gasteiger partial charge in [-0.05, 0) is 6.92 Å². The van der Waals surface area contributed by atoms with Crippen LogP contribution in [0.3, 0.4) is 0 Å². The number of carbonyl (C=O) groups is 2. The highest BCUT2D eigenvalue weighted by atomic mass is 19.3. The summed E-state index contributed by atoms with van der Waals surface area (Å²) in [7, 11) is 0.825. The van der Waals surface area contributed by atoms with Crippen LogP contribution in [0.2, 0.25) is 0 Å². The number of aliphatic carboxylic acids is 1. The second-order valence-corrected chi connectivity index (χ2v) is 2.28. The van der Waals surface area contributed by atoms with E-state index < -0.39 is 23.8 Å². The lowest BCUT2D eigenvalue weighted by atomic mass is 9.92. The van der Waals surface area contributed by atoms with Gasteiger partial charge in [0.1, 0.15) is 0 Å². The number of carboxylic acid groups (broad SMARTS) is 1. The van der Waals surface area contributed by atoms with Crippen molar-refractivity contribution in [3.63, 3.8) is 0 Å². The number of alkyl halides is 2. The SMILES string of the molecule is COC(=O)C(C)(C(=O)[O-])C(F)F. The Morgan fingerprint density at radius 2 is 1.92 bits per heavy atom. The summed E-state index contributed by atoms with van der Waals surface area (Å²) in [5.74, 6) is -3.66. The smallest absolute Gasteiger partial charge is 0.323 e. The predicted molar refractivity (Wildman–Crippen MR) is 31.1 cm³/mol. The normalized spacial score (nSPS) is 15.4. The van der Waals surface area contributed by atoms with Crippen LogP contribution in [-0.2, 0) is 14.3 Å². The molecule has 0 aliphatic carbocycles. The number of esters is 1. The fourth-order valence-corrected chi connectivity index (χ4v) is 0.474. The minimum Gasteiger partial charge on any atom is -0.549 e. The monoisotopic (exact) mass is 181 g/mol. The van der Waals surface area contributed by atoms with Gasteiger partial charge in [-0.3, -0.25) is 4.79 Å². The Morgan fingerprint density at radius 3 is 2.00 bits per heavy atom. The van der Waals surface area contributed by atoms with Gasteiger partial charge in [-0.2, -0.15) is 0 Å². The van der Waals surface area contributed by atoms with Crippen molar-refractivity contribution in [2.75, 3.05) is 7.11 Å². The Balaban J connectivity index is 4.87. The maximum Gasteiger partial charge on any atom is 0.323 e. The Bertz CT molecular complexity index is 204. The number of rotatable bonds is 3. The third-order valence-electron chi connectivity index (χ3n) is 1.47. The lowest BCUT2D eigenvalue weighted by molar-refractivity contribution is -0.322. The van der Waals surface area contributed by atoms with Gasteiger partial charge >= 0.3 is 5.97 Å². The molecule has 0 aliphatic rings. The molecule has 1 atom stereocenters. The largest absolute Gasteiger partial charge is 0.549 e. The van der Waals surface area contributed by atoms with Crippen molar-refractivity contribution in [3.05, 3.63) is 0 Å². The summed E-state index contributed by atoms with van der Waals surface area (Å²) in [5.41, 5.74) is -2.88. The van der Waals surface area contributed by atoms with Crippen LogP contribution >= 0.6 is 0 Å². The Kier molecular flexibility index (Phi) is 3.12. The summed E-state index contributed by atoms with van der Waals surface area (Å²) in [6, 6.07) is 0. The van der Waals surface area contributed by atoms with E-state index in [0.29, 0.717) is 6.92 Å². The van der Waals surface area contributed by atoms with Gasteiger partial charge in [-0.1, -0.05) is 0 Å². The van der Waals surface area contributed by atoms with E-state index in [1.807, 2.05) is 0 Å². The molecule has 0 heterocycles. The number of hydrogen-bond acceptors (Lipinski definition) is 4. The van der Waals surface area contributed by atoms with Crippen LogP contribution in [0.4, 0.5) is 8.78 Å². The molecule has 0 fully saturated rings. The average Bonchev–Trinajstić information content (AvgIpc) is 2.00. The van der Waals surface area contributed by atoms with Crippen LogP contribution in [0.5, 0.6) is 0 Å². The number of methoxy groups -OCH3 is 1. The number of carbonyl (C=O) groups excluding carboxylic acids is 2. The van der Waals surface area contributed by atoms with Crippen LogP contribution in [0, 0.1) is 5.41 Å². The second-order valence-electron chi connectivity index (χ2n) is 2.28. The fourth-order valence-electron chi connectivity index (χ4n) is 0.474. The molecule has 12 heavy (non-hydrogen) atoms. The summed E-state index contributed by atoms with van der Waals surface area (Å²) < 4.78 is 28.0. The third kappa shape index (κ3) is 1.51. The van der Waals surface area contributed by atoms with Crippen molar-refractivity contribution in [1.29, 1.82) is 0 Å². The Hall–Kier alpha value is -1.20. The molecule has 0 saturated carbocycles. The topological polar surface area (TPSA) is 66.4 Å². The molecule has 70 valence electrons. The first kappa shape index (κ1) is 10.8. The molecule has 0 aromatic rings. The maximum absolute atomic E-state index is 12.0. The predicted octanol–water partition coefficient (Wildman–Crippen LogP) is -0.819. The third-order valence-corrected chi connectivity index (χ3v) is 1.47. The zero-order valence-electron chi connectivity index (χ0n) is 6.47. The van der Waals surface area contributed by atoms with Crippen LogP contribution < -0.4 is 5.11 Å². The second kappa shape index (κ2) is 3.46. The van der Waals surface area contributed by atoms with Gasteiger partial charge in [-0.15, -0.1) is 0 Å². The molecule has 0 aromatic carbocycles. The summed E-state index contributed by atoms with van der Waals surface area (Å²) in [4.78, 5) is 20.8. The maximum atomic E-state index is 12.0. The minimum atomic E-state index is -3.35. The summed E-state index contributed by atoms with van der Waals surface area (Å²) in [6.07, 6.45) is -3.35. The molecule has 0 saturated heterocycles. The Labute approximate surface area is 67.1 Å². The first-order valence-electron chi connectivity index (χ1n) is 2.95. The quantitative estimate of drug-likeness (QED) is 0.421. The van der Waals surface area contributed by atoms with Crippen molar-refractivity contribution in [1.82, 2.24) is 0 Å². The van der Waals surface area contributed by atoms with E-state index in [4.69, 9.17) is 0 Å². The highest BCUT2D eigenvalue weighted by molar-refractivity contribution is 5.98. The first-order chi connectivity index (χ1) is 5.37. The summed E-state index contributed by atoms with van der Waals surface area (Å²) in [5, 5.41) is 10.2. The van der Waals surface area contributed by atoms with E-state index in [1.165, 1.54) is 0 Å². The van der Waals surface area contributed by atoms with E-state index in [1.54, 1.807) is 0 Å². The molecule has 6 heteroatoms. The van der Waals surface area contributed by atoms with Crippen molar-refractivity contribution < 1.29 is 28.2 Å². The lowest BCUT2D eigenvalue weighted by Crippen LogP contribution is -2.51. The molecule has 0 amide bonds. The zero-order chi connectivity index (χ0) is 9.94. The standard InChI is InChI=1S/C6H8F2O4/c1-6(3(7)8,4(9)10)5(11)12-2/h3H,1-2H3,(H,9,10)/p-1. The highest BCUT2D eigenvalue weighted by Crippen LogP contribution is 2.26. The average molecular weight is 181 g/mol. The molecule has 0 radical (unpaired) electrons. The van der Waals surface area contributed by atoms with Gasteiger partial charge in [0.25, 0.3) is 6.43 Å². The molecule has 4 nitrogen and oxygen atoms in total. The minimum absolute atomic E-state index is 0.554. The van der Waals surface area contributed by atoms with Crippen LogP contribution in [0.25, 0.3) is 0 Å². The molecule has 0 rings (SSSR count). The van der Waals surface area contributed by atoms with E-state index in [0.717, 1.165) is 7.11 Å². The van der Waals surface area contributed by atoms with Gasteiger partial charge in [0.15, 0.2) is 5.41 Å². The summed E-state index contributed by atoms with van der Waals surface area (Å²) in [6.45, 7) is 0.554. The Morgan fingerprint density at radius 1 is 1.50 bits per heavy atom. The van der Waals surface area contributed by atoms with Crippen molar-refractivity contribution in [2.24, 2.45) is 5.41 Å². The molecule has 0 aromatic heterocycles. The number of hydrogen-bond donors (Lipinski definition) is 0. The van der Waals surface area contributed by atoms with Crippen molar-refractivity contribution >= 4 is 11.9 Å². The van der Waals surface area contributed by atoms with E-state index in [9.17, 15) is 23.5 Å². The molecular weight excluding hydrogens is 174 g/mol. The number of carboxylic acids is 1. The summed E-state index contributed by atoms with van der Waals surface area (Å²) >= 11 is 0. The van der Waals surface area contributed by atoms with Crippen LogP contribution in [0.15, 0.2) is 0 Å². The van der Waals surface area contributed by atoms with Crippen LogP contribution in [0.1, 0.15) is 6.92 Å². The molecular formula is C6H7F2O4-. The molecule has 0 bridgehead atoms. The molecule has 1 unspecified atom stereocenters. The molecule has 0 spiro atoms. The molecule has 0 N–H and O–H groups in total. The lowest BCUT2D eigenvalue weighted by Gasteiger charge is -2.26. The number of ether oxygens (including phenoxy) is 1. The fraction of sp³-hybridized carbons (Fsp3) is 0.667. The van der Waals surface area contributed by atoms with Crippen LogP contribution in [-0.4, -0.2) is 25.5 Å². The van der Waals surface area contributed by atoms with Crippen molar-refractivity contribution in [2.45, 2.75) is 13.3 Å². The zero-order valence-corrected chi connectivity index (χ0v) is 6.47. The number of halogens is 2. The van der Waals surface area contributed by atoms with E-state index in [-0.39, 0.29) is 0 Å². The van der Waals surface area contributed by atoms with Gasteiger partial charge < -0.3 is 14.6 Å². The highest BCUT2D eigenvalue weighted by Gasteiger charge is 2.45. The van der Waals surface area contributed by atoms with Gasteiger partial charge in [0.05, 0.1) is 13.1 Å². The van der Waals surface area contributed by atoms with Gasteiger partial charge in [0.2, 0.25) is 0 Å². The van der Waals surface area contributed by atoms with Gasteiger partial charge in [0, 0.05) is 0 Å². The molecule has 0 aliphatic heterocycles.